The largest absolute Gasteiger partial charge is 0.313 e. The Bertz CT molecular complexity index is 352. The lowest BCUT2D eigenvalue weighted by Gasteiger charge is -2.25. The summed E-state index contributed by atoms with van der Waals surface area (Å²) in [6.45, 7) is 7.55. The molecule has 17 heavy (non-hydrogen) atoms. The van der Waals surface area contributed by atoms with Crippen molar-refractivity contribution >= 4 is 11.8 Å². The van der Waals surface area contributed by atoms with E-state index in [0.29, 0.717) is 6.04 Å². The molecule has 1 aromatic carbocycles. The zero-order valence-electron chi connectivity index (χ0n) is 11.1. The molecule has 0 amide bonds. The molecule has 0 saturated heterocycles. The van der Waals surface area contributed by atoms with Crippen LogP contribution in [0.4, 0.5) is 4.39 Å². The van der Waals surface area contributed by atoms with Crippen LogP contribution in [0.3, 0.4) is 0 Å². The minimum atomic E-state index is -0.154. The maximum Gasteiger partial charge on any atom is 0.123 e. The van der Waals surface area contributed by atoms with Crippen molar-refractivity contribution < 1.29 is 4.39 Å². The van der Waals surface area contributed by atoms with Crippen LogP contribution in [0.15, 0.2) is 24.3 Å². The molecular weight excluding hydrogens is 233 g/mol. The van der Waals surface area contributed by atoms with Gasteiger partial charge in [0, 0.05) is 17.3 Å². The molecule has 0 aromatic heterocycles. The Morgan fingerprint density at radius 2 is 2.12 bits per heavy atom. The van der Waals surface area contributed by atoms with Crippen LogP contribution >= 0.6 is 11.8 Å². The average molecular weight is 255 g/mol. The molecule has 0 saturated carbocycles. The van der Waals surface area contributed by atoms with Crippen LogP contribution in [-0.4, -0.2) is 23.6 Å². The minimum Gasteiger partial charge on any atom is -0.313 e. The van der Waals surface area contributed by atoms with E-state index < -0.39 is 0 Å². The number of benzene rings is 1. The summed E-state index contributed by atoms with van der Waals surface area (Å²) < 4.78 is 13.3. The normalized spacial score (nSPS) is 13.7. The molecule has 0 bridgehead atoms. The molecule has 1 nitrogen and oxygen atoms in total. The van der Waals surface area contributed by atoms with Crippen molar-refractivity contribution in [2.75, 3.05) is 12.8 Å². The Morgan fingerprint density at radius 1 is 1.41 bits per heavy atom. The van der Waals surface area contributed by atoms with Gasteiger partial charge in [0.2, 0.25) is 0 Å². The number of halogens is 1. The van der Waals surface area contributed by atoms with Crippen LogP contribution in [0, 0.1) is 5.82 Å². The molecule has 1 rings (SSSR count). The molecule has 1 aromatic rings. The molecule has 0 aliphatic rings. The monoisotopic (exact) mass is 255 g/mol. The average Bonchev–Trinajstić information content (AvgIpc) is 2.27. The lowest BCUT2D eigenvalue weighted by atomic mass is 10.1. The molecule has 0 heterocycles. The van der Waals surface area contributed by atoms with E-state index in [0.717, 1.165) is 18.5 Å². The molecule has 0 spiro atoms. The van der Waals surface area contributed by atoms with Crippen LogP contribution in [0.1, 0.15) is 26.3 Å². The van der Waals surface area contributed by atoms with Crippen molar-refractivity contribution in [3.05, 3.63) is 35.6 Å². The summed E-state index contributed by atoms with van der Waals surface area (Å²) in [5.41, 5.74) is 1.05. The summed E-state index contributed by atoms with van der Waals surface area (Å²) in [5.74, 6) is -0.154. The number of hydrogen-bond donors (Lipinski definition) is 1. The first kappa shape index (κ1) is 14.5. The molecule has 1 N–H and O–H groups in total. The van der Waals surface area contributed by atoms with Gasteiger partial charge in [0.1, 0.15) is 5.82 Å². The Hall–Kier alpha value is -0.540. The molecule has 0 radical (unpaired) electrons. The van der Waals surface area contributed by atoms with E-state index in [1.54, 1.807) is 12.1 Å². The second-order valence-corrected chi connectivity index (χ2v) is 6.59. The number of nitrogens with one attached hydrogen (secondary N) is 1. The number of rotatable bonds is 6. The number of thioether (sulfide) groups is 1. The third kappa shape index (κ3) is 5.55. The third-order valence-electron chi connectivity index (χ3n) is 2.86. The summed E-state index contributed by atoms with van der Waals surface area (Å²) in [7, 11) is 0. The van der Waals surface area contributed by atoms with E-state index in [2.05, 4.69) is 32.3 Å². The first-order chi connectivity index (χ1) is 7.93. The van der Waals surface area contributed by atoms with Crippen molar-refractivity contribution in [3.63, 3.8) is 0 Å². The second-order valence-electron chi connectivity index (χ2n) is 5.08. The lowest BCUT2D eigenvalue weighted by Crippen LogP contribution is -2.38. The molecule has 1 atom stereocenters. The van der Waals surface area contributed by atoms with Crippen LogP contribution in [-0.2, 0) is 6.42 Å². The van der Waals surface area contributed by atoms with Gasteiger partial charge in [-0.2, -0.15) is 11.8 Å². The summed E-state index contributed by atoms with van der Waals surface area (Å²) in [6, 6.07) is 7.20. The fraction of sp³-hybridized carbons (Fsp3) is 0.571. The van der Waals surface area contributed by atoms with Gasteiger partial charge in [0.15, 0.2) is 0 Å². The van der Waals surface area contributed by atoms with Crippen molar-refractivity contribution in [2.24, 2.45) is 0 Å². The van der Waals surface area contributed by atoms with Crippen molar-refractivity contribution in [3.8, 4) is 0 Å². The summed E-state index contributed by atoms with van der Waals surface area (Å²) >= 11 is 1.86. The maximum atomic E-state index is 13.0. The third-order valence-corrected chi connectivity index (χ3v) is 4.11. The lowest BCUT2D eigenvalue weighted by molar-refractivity contribution is 0.503. The molecule has 0 aliphatic carbocycles. The van der Waals surface area contributed by atoms with Gasteiger partial charge >= 0.3 is 0 Å². The topological polar surface area (TPSA) is 12.0 Å². The van der Waals surface area contributed by atoms with E-state index in [9.17, 15) is 4.39 Å². The Morgan fingerprint density at radius 3 is 2.71 bits per heavy atom. The summed E-state index contributed by atoms with van der Waals surface area (Å²) in [6.07, 6.45) is 2.99. The van der Waals surface area contributed by atoms with Gasteiger partial charge < -0.3 is 5.32 Å². The van der Waals surface area contributed by atoms with E-state index in [1.165, 1.54) is 6.07 Å². The van der Waals surface area contributed by atoms with Gasteiger partial charge in [0.05, 0.1) is 0 Å². The molecule has 0 aliphatic heterocycles. The van der Waals surface area contributed by atoms with Crippen LogP contribution in [0.5, 0.6) is 0 Å². The Labute approximate surface area is 108 Å². The van der Waals surface area contributed by atoms with E-state index in [1.807, 2.05) is 17.8 Å². The first-order valence-corrected chi connectivity index (χ1v) is 7.18. The van der Waals surface area contributed by atoms with Crippen LogP contribution in [0.2, 0.25) is 0 Å². The number of hydrogen-bond acceptors (Lipinski definition) is 2. The molecular formula is C14H22FNS. The highest BCUT2D eigenvalue weighted by Gasteiger charge is 2.16. The molecule has 3 heteroatoms. The predicted octanol–water partition coefficient (Wildman–Crippen LogP) is 3.49. The molecule has 0 fully saturated rings. The second kappa shape index (κ2) is 6.41. The highest BCUT2D eigenvalue weighted by molar-refractivity contribution is 7.99. The zero-order chi connectivity index (χ0) is 12.9. The van der Waals surface area contributed by atoms with Gasteiger partial charge in [-0.1, -0.05) is 12.1 Å². The zero-order valence-corrected chi connectivity index (χ0v) is 11.9. The maximum absolute atomic E-state index is 13.0. The highest BCUT2D eigenvalue weighted by atomic mass is 32.2. The Balaban J connectivity index is 2.42. The van der Waals surface area contributed by atoms with Gasteiger partial charge in [0.25, 0.3) is 0 Å². The predicted molar refractivity (Wildman–Crippen MR) is 75.2 cm³/mol. The summed E-state index contributed by atoms with van der Waals surface area (Å²) in [4.78, 5) is 0. The van der Waals surface area contributed by atoms with Crippen molar-refractivity contribution in [2.45, 2.75) is 38.0 Å². The van der Waals surface area contributed by atoms with Gasteiger partial charge in [-0.15, -0.1) is 0 Å². The quantitative estimate of drug-likeness (QED) is 0.835. The van der Waals surface area contributed by atoms with Crippen molar-refractivity contribution in [1.29, 1.82) is 0 Å². The van der Waals surface area contributed by atoms with Crippen LogP contribution in [0.25, 0.3) is 0 Å². The molecule has 96 valence electrons. The van der Waals surface area contributed by atoms with E-state index in [4.69, 9.17) is 0 Å². The van der Waals surface area contributed by atoms with E-state index in [-0.39, 0.29) is 10.6 Å². The van der Waals surface area contributed by atoms with Gasteiger partial charge in [-0.05, 0) is 51.1 Å². The van der Waals surface area contributed by atoms with Crippen LogP contribution < -0.4 is 5.32 Å². The smallest absolute Gasteiger partial charge is 0.123 e. The summed E-state index contributed by atoms with van der Waals surface area (Å²) in [5, 5.41) is 3.50. The van der Waals surface area contributed by atoms with Gasteiger partial charge in [-0.25, -0.2) is 4.39 Å². The molecule has 1 unspecified atom stereocenters. The fourth-order valence-electron chi connectivity index (χ4n) is 1.58. The van der Waals surface area contributed by atoms with Gasteiger partial charge in [-0.3, -0.25) is 0 Å². The first-order valence-electron chi connectivity index (χ1n) is 5.96. The van der Waals surface area contributed by atoms with Crippen molar-refractivity contribution in [1.82, 2.24) is 5.32 Å². The minimum absolute atomic E-state index is 0.154. The standard InChI is InChI=1S/C14H22FNS/c1-11(16-10-14(2,3)17-4)8-12-6-5-7-13(15)9-12/h5-7,9,11,16H,8,10H2,1-4H3. The highest BCUT2D eigenvalue weighted by Crippen LogP contribution is 2.20. The fourth-order valence-corrected chi connectivity index (χ4v) is 1.81. The Kier molecular flexibility index (Phi) is 5.47. The van der Waals surface area contributed by atoms with E-state index >= 15 is 0 Å². The SMILES string of the molecule is CSC(C)(C)CNC(C)Cc1cccc(F)c1.